The molecule has 54 valence electrons. The number of rotatable bonds is 1. The first kappa shape index (κ1) is 6.99. The average molecular weight is 130 g/mol. The number of nitrogens with zero attached hydrogens (tertiary/aromatic N) is 2. The summed E-state index contributed by atoms with van der Waals surface area (Å²) in [6.45, 7) is 4.97. The summed E-state index contributed by atoms with van der Waals surface area (Å²) in [5, 5.41) is 9.31. The van der Waals surface area contributed by atoms with Crippen molar-refractivity contribution in [3.05, 3.63) is 0 Å². The van der Waals surface area contributed by atoms with Crippen LogP contribution in [0.3, 0.4) is 0 Å². The molecule has 0 aromatic carbocycles. The number of likely N-dealkylation sites (N-methyl/N-ethyl adjacent to an activating group) is 2. The zero-order chi connectivity index (χ0) is 6.85. The van der Waals surface area contributed by atoms with Gasteiger partial charge in [-0.25, -0.2) is 0 Å². The predicted octanol–water partition coefficient (Wildman–Crippen LogP) is -0.470. The first-order chi connectivity index (χ1) is 4.25. The van der Waals surface area contributed by atoms with Gasteiger partial charge in [-0.05, 0) is 13.6 Å². The van der Waals surface area contributed by atoms with Crippen LogP contribution in [0.5, 0.6) is 0 Å². The lowest BCUT2D eigenvalue weighted by Gasteiger charge is -2.20. The molecule has 1 unspecified atom stereocenters. The van der Waals surface area contributed by atoms with E-state index in [1.807, 2.05) is 16.8 Å². The Kier molecular flexibility index (Phi) is 2.05. The largest absolute Gasteiger partial charge is 0.365 e. The molecular weight excluding hydrogens is 116 g/mol. The molecule has 0 aromatic rings. The highest BCUT2D eigenvalue weighted by Crippen LogP contribution is 2.07. The van der Waals surface area contributed by atoms with Gasteiger partial charge in [-0.1, -0.05) is 6.92 Å². The summed E-state index contributed by atoms with van der Waals surface area (Å²) in [5.74, 6) is 0. The average Bonchev–Trinajstić information content (AvgIpc) is 2.15. The maximum absolute atomic E-state index is 9.31. The lowest BCUT2D eigenvalue weighted by molar-refractivity contribution is -0.0432. The molecule has 0 spiro atoms. The molecule has 3 heteroatoms. The Morgan fingerprint density at radius 3 is 2.44 bits per heavy atom. The van der Waals surface area contributed by atoms with Crippen LogP contribution in [0.15, 0.2) is 0 Å². The standard InChI is InChI=1S/C6H14N2O/c1-3-8-5-4-7(2)6(8)9/h6,9H,3-5H2,1-2H3. The normalized spacial score (nSPS) is 31.7. The summed E-state index contributed by atoms with van der Waals surface area (Å²) in [5.41, 5.74) is 0. The Bertz CT molecular complexity index is 97.1. The smallest absolute Gasteiger partial charge is 0.165 e. The van der Waals surface area contributed by atoms with Gasteiger partial charge in [0.15, 0.2) is 6.35 Å². The van der Waals surface area contributed by atoms with E-state index in [2.05, 4.69) is 6.92 Å². The zero-order valence-electron chi connectivity index (χ0n) is 6.04. The molecule has 0 aliphatic carbocycles. The van der Waals surface area contributed by atoms with Crippen molar-refractivity contribution in [2.75, 3.05) is 26.7 Å². The van der Waals surface area contributed by atoms with Crippen molar-refractivity contribution in [2.45, 2.75) is 13.3 Å². The van der Waals surface area contributed by atoms with Crippen molar-refractivity contribution in [1.82, 2.24) is 9.80 Å². The van der Waals surface area contributed by atoms with Crippen LogP contribution in [0.2, 0.25) is 0 Å². The van der Waals surface area contributed by atoms with Crippen LogP contribution >= 0.6 is 0 Å². The maximum atomic E-state index is 9.31. The van der Waals surface area contributed by atoms with Gasteiger partial charge >= 0.3 is 0 Å². The van der Waals surface area contributed by atoms with E-state index >= 15 is 0 Å². The van der Waals surface area contributed by atoms with Crippen LogP contribution in [0, 0.1) is 0 Å². The van der Waals surface area contributed by atoms with Gasteiger partial charge in [-0.3, -0.25) is 9.80 Å². The third-order valence-corrected chi connectivity index (χ3v) is 1.87. The fourth-order valence-corrected chi connectivity index (χ4v) is 1.12. The van der Waals surface area contributed by atoms with E-state index in [9.17, 15) is 5.11 Å². The molecule has 1 fully saturated rings. The quantitative estimate of drug-likeness (QED) is 0.520. The highest BCUT2D eigenvalue weighted by Gasteiger charge is 2.24. The summed E-state index contributed by atoms with van der Waals surface area (Å²) in [6, 6.07) is 0. The van der Waals surface area contributed by atoms with Gasteiger partial charge in [0, 0.05) is 13.1 Å². The maximum Gasteiger partial charge on any atom is 0.165 e. The minimum absolute atomic E-state index is 0.338. The molecule has 3 nitrogen and oxygen atoms in total. The second-order valence-electron chi connectivity index (χ2n) is 2.46. The van der Waals surface area contributed by atoms with Crippen LogP contribution in [0.25, 0.3) is 0 Å². The van der Waals surface area contributed by atoms with Crippen molar-refractivity contribution in [2.24, 2.45) is 0 Å². The van der Waals surface area contributed by atoms with E-state index in [1.165, 1.54) is 0 Å². The van der Waals surface area contributed by atoms with Crippen LogP contribution in [-0.4, -0.2) is 47.9 Å². The molecule has 1 atom stereocenters. The van der Waals surface area contributed by atoms with Crippen molar-refractivity contribution in [1.29, 1.82) is 0 Å². The fourth-order valence-electron chi connectivity index (χ4n) is 1.12. The summed E-state index contributed by atoms with van der Waals surface area (Å²) < 4.78 is 0. The van der Waals surface area contributed by atoms with Crippen molar-refractivity contribution >= 4 is 0 Å². The van der Waals surface area contributed by atoms with E-state index < -0.39 is 0 Å². The highest BCUT2D eigenvalue weighted by atomic mass is 16.3. The molecule has 0 bridgehead atoms. The predicted molar refractivity (Wildman–Crippen MR) is 35.9 cm³/mol. The summed E-state index contributed by atoms with van der Waals surface area (Å²) >= 11 is 0. The van der Waals surface area contributed by atoms with Crippen LogP contribution in [0.4, 0.5) is 0 Å². The Labute approximate surface area is 55.9 Å². The Morgan fingerprint density at radius 1 is 1.56 bits per heavy atom. The Hall–Kier alpha value is -0.120. The van der Waals surface area contributed by atoms with Gasteiger partial charge in [-0.2, -0.15) is 0 Å². The van der Waals surface area contributed by atoms with Gasteiger partial charge in [0.2, 0.25) is 0 Å². The third kappa shape index (κ3) is 1.23. The first-order valence-electron chi connectivity index (χ1n) is 3.38. The monoisotopic (exact) mass is 130 g/mol. The van der Waals surface area contributed by atoms with E-state index in [4.69, 9.17) is 0 Å². The highest BCUT2D eigenvalue weighted by molar-refractivity contribution is 4.69. The minimum Gasteiger partial charge on any atom is -0.365 e. The van der Waals surface area contributed by atoms with Crippen molar-refractivity contribution in [3.63, 3.8) is 0 Å². The van der Waals surface area contributed by atoms with Gasteiger partial charge in [-0.15, -0.1) is 0 Å². The van der Waals surface area contributed by atoms with Crippen LogP contribution in [0.1, 0.15) is 6.92 Å². The summed E-state index contributed by atoms with van der Waals surface area (Å²) in [4.78, 5) is 3.96. The Balaban J connectivity index is 2.41. The zero-order valence-corrected chi connectivity index (χ0v) is 6.04. The number of aliphatic hydroxyl groups excluding tert-OH is 1. The molecule has 1 N–H and O–H groups in total. The SMILES string of the molecule is CCN1CCN(C)C1O. The van der Waals surface area contributed by atoms with E-state index in [0.717, 1.165) is 19.6 Å². The van der Waals surface area contributed by atoms with E-state index in [1.54, 1.807) is 0 Å². The molecule has 0 aromatic heterocycles. The number of hydrogen-bond acceptors (Lipinski definition) is 3. The van der Waals surface area contributed by atoms with Crippen molar-refractivity contribution in [3.8, 4) is 0 Å². The van der Waals surface area contributed by atoms with Crippen LogP contribution in [-0.2, 0) is 0 Å². The van der Waals surface area contributed by atoms with Gasteiger partial charge in [0.25, 0.3) is 0 Å². The molecule has 1 heterocycles. The molecule has 0 saturated carbocycles. The van der Waals surface area contributed by atoms with Crippen LogP contribution < -0.4 is 0 Å². The second-order valence-corrected chi connectivity index (χ2v) is 2.46. The Morgan fingerprint density at radius 2 is 2.22 bits per heavy atom. The summed E-state index contributed by atoms with van der Waals surface area (Å²) in [7, 11) is 1.93. The fraction of sp³-hybridized carbons (Fsp3) is 1.00. The minimum atomic E-state index is -0.338. The molecule has 0 amide bonds. The van der Waals surface area contributed by atoms with Gasteiger partial charge in [0.05, 0.1) is 0 Å². The van der Waals surface area contributed by atoms with E-state index in [0.29, 0.717) is 0 Å². The topological polar surface area (TPSA) is 26.7 Å². The van der Waals surface area contributed by atoms with Gasteiger partial charge < -0.3 is 5.11 Å². The second kappa shape index (κ2) is 2.64. The summed E-state index contributed by atoms with van der Waals surface area (Å²) in [6.07, 6.45) is -0.338. The number of aliphatic hydroxyl groups is 1. The first-order valence-corrected chi connectivity index (χ1v) is 3.38. The molecule has 1 rings (SSSR count). The van der Waals surface area contributed by atoms with E-state index in [-0.39, 0.29) is 6.35 Å². The lowest BCUT2D eigenvalue weighted by Crippen LogP contribution is -2.36. The molecular formula is C6H14N2O. The molecule has 0 radical (unpaired) electrons. The lowest BCUT2D eigenvalue weighted by atomic mass is 10.6. The molecule has 1 saturated heterocycles. The third-order valence-electron chi connectivity index (χ3n) is 1.87. The molecule has 9 heavy (non-hydrogen) atoms. The molecule has 1 aliphatic heterocycles. The van der Waals surface area contributed by atoms with Gasteiger partial charge in [0.1, 0.15) is 0 Å². The number of hydrogen-bond donors (Lipinski definition) is 1. The van der Waals surface area contributed by atoms with Crippen molar-refractivity contribution < 1.29 is 5.11 Å². The molecule has 1 aliphatic rings.